The molecule has 5 nitrogen and oxygen atoms in total. The quantitative estimate of drug-likeness (QED) is 0.603. The molecule has 1 atom stereocenters. The summed E-state index contributed by atoms with van der Waals surface area (Å²) < 4.78 is 5.42. The minimum atomic E-state index is -0.862. The van der Waals surface area contributed by atoms with Crippen LogP contribution >= 0.6 is 23.5 Å². The number of nitrogens with zero attached hydrogens (tertiary/aromatic N) is 2. The topological polar surface area (TPSA) is 59.5 Å². The molecule has 0 saturated carbocycles. The van der Waals surface area contributed by atoms with Gasteiger partial charge in [0.2, 0.25) is 0 Å². The normalized spacial score (nSPS) is 14.6. The van der Waals surface area contributed by atoms with Gasteiger partial charge in [0.15, 0.2) is 6.10 Å². The van der Waals surface area contributed by atoms with Gasteiger partial charge in [-0.2, -0.15) is 0 Å². The molecule has 25 heavy (non-hydrogen) atoms. The van der Waals surface area contributed by atoms with Gasteiger partial charge in [-0.15, -0.1) is 23.5 Å². The van der Waals surface area contributed by atoms with Crippen molar-refractivity contribution in [2.24, 2.45) is 0 Å². The van der Waals surface area contributed by atoms with Gasteiger partial charge in [0.25, 0.3) is 5.91 Å². The summed E-state index contributed by atoms with van der Waals surface area (Å²) in [5.74, 6) is 0.0801. The molecule has 1 aliphatic rings. The van der Waals surface area contributed by atoms with Crippen LogP contribution in [0.1, 0.15) is 17.3 Å². The highest BCUT2D eigenvalue weighted by molar-refractivity contribution is 7.99. The van der Waals surface area contributed by atoms with Crippen LogP contribution in [0.5, 0.6) is 0 Å². The van der Waals surface area contributed by atoms with E-state index in [1.54, 1.807) is 41.9 Å². The fraction of sp³-hybridized carbons (Fsp3) is 0.278. The molecule has 0 saturated heterocycles. The summed E-state index contributed by atoms with van der Waals surface area (Å²) >= 11 is 3.09. The van der Waals surface area contributed by atoms with Gasteiger partial charge in [-0.3, -0.25) is 4.79 Å². The van der Waals surface area contributed by atoms with Crippen LogP contribution in [0.25, 0.3) is 0 Å². The van der Waals surface area contributed by atoms with Crippen LogP contribution < -0.4 is 4.90 Å². The third-order valence-electron chi connectivity index (χ3n) is 3.81. The van der Waals surface area contributed by atoms with E-state index in [0.717, 1.165) is 16.3 Å². The lowest BCUT2D eigenvalue weighted by atomic mass is 10.2. The average molecular weight is 374 g/mol. The van der Waals surface area contributed by atoms with Crippen LogP contribution in [0.4, 0.5) is 5.69 Å². The molecule has 2 heterocycles. The summed E-state index contributed by atoms with van der Waals surface area (Å²) in [6, 6.07) is 11.1. The molecule has 0 aliphatic carbocycles. The molecule has 0 radical (unpaired) electrons. The summed E-state index contributed by atoms with van der Waals surface area (Å²) in [6.07, 6.45) is 2.61. The summed E-state index contributed by atoms with van der Waals surface area (Å²) in [5, 5.41) is 0.590. The lowest BCUT2D eigenvalue weighted by Crippen LogP contribution is -2.42. The van der Waals surface area contributed by atoms with E-state index in [0.29, 0.717) is 17.1 Å². The van der Waals surface area contributed by atoms with Gasteiger partial charge in [-0.1, -0.05) is 12.1 Å². The third kappa shape index (κ3) is 3.82. The number of para-hydroxylation sites is 1. The van der Waals surface area contributed by atoms with Crippen molar-refractivity contribution in [2.75, 3.05) is 23.5 Å². The highest BCUT2D eigenvalue weighted by atomic mass is 32.2. The van der Waals surface area contributed by atoms with E-state index in [1.165, 1.54) is 11.8 Å². The number of carbonyl (C=O) groups excluding carboxylic acids is 2. The Kier molecular flexibility index (Phi) is 5.65. The lowest BCUT2D eigenvalue weighted by Gasteiger charge is -2.30. The largest absolute Gasteiger partial charge is 0.449 e. The Bertz CT molecular complexity index is 797. The van der Waals surface area contributed by atoms with Crippen molar-refractivity contribution in [3.8, 4) is 0 Å². The molecule has 130 valence electrons. The average Bonchev–Trinajstić information content (AvgIpc) is 2.66. The summed E-state index contributed by atoms with van der Waals surface area (Å²) in [6.45, 7) is 2.21. The van der Waals surface area contributed by atoms with Crippen molar-refractivity contribution < 1.29 is 14.3 Å². The van der Waals surface area contributed by atoms with Crippen molar-refractivity contribution in [3.05, 3.63) is 48.2 Å². The van der Waals surface area contributed by atoms with Gasteiger partial charge in [0.1, 0.15) is 5.03 Å². The molecule has 7 heteroatoms. The first-order chi connectivity index (χ1) is 12.1. The minimum absolute atomic E-state index is 0.212. The number of anilines is 1. The second kappa shape index (κ2) is 7.93. The second-order valence-electron chi connectivity index (χ2n) is 5.41. The van der Waals surface area contributed by atoms with E-state index < -0.39 is 12.1 Å². The summed E-state index contributed by atoms with van der Waals surface area (Å²) in [7, 11) is 0. The van der Waals surface area contributed by atoms with Crippen molar-refractivity contribution in [1.29, 1.82) is 0 Å². The van der Waals surface area contributed by atoms with Crippen LogP contribution in [-0.2, 0) is 9.53 Å². The number of benzene rings is 1. The number of thioether (sulfide) groups is 2. The molecule has 3 rings (SSSR count). The van der Waals surface area contributed by atoms with E-state index in [1.807, 2.05) is 30.5 Å². The molecule has 0 spiro atoms. The Morgan fingerprint density at radius 1 is 1.28 bits per heavy atom. The van der Waals surface area contributed by atoms with E-state index in [9.17, 15) is 9.59 Å². The molecule has 1 aromatic carbocycles. The molecule has 1 aliphatic heterocycles. The molecule has 1 aromatic heterocycles. The number of hydrogen-bond acceptors (Lipinski definition) is 6. The smallest absolute Gasteiger partial charge is 0.341 e. The molecule has 0 fully saturated rings. The zero-order chi connectivity index (χ0) is 17.8. The Hall–Kier alpha value is -1.99. The van der Waals surface area contributed by atoms with Crippen LogP contribution in [-0.4, -0.2) is 41.5 Å². The number of amides is 1. The van der Waals surface area contributed by atoms with Crippen LogP contribution in [0.3, 0.4) is 0 Å². The molecule has 0 N–H and O–H groups in total. The molecular formula is C18H18N2O3S2. The Balaban J connectivity index is 1.74. The minimum Gasteiger partial charge on any atom is -0.449 e. The fourth-order valence-corrected chi connectivity index (χ4v) is 4.13. The van der Waals surface area contributed by atoms with E-state index in [2.05, 4.69) is 4.98 Å². The number of aromatic nitrogens is 1. The van der Waals surface area contributed by atoms with Crippen LogP contribution in [0.2, 0.25) is 0 Å². The number of hydrogen-bond donors (Lipinski definition) is 0. The maximum Gasteiger partial charge on any atom is 0.341 e. The maximum atomic E-state index is 12.8. The number of rotatable bonds is 4. The number of carbonyl (C=O) groups is 2. The maximum absolute atomic E-state index is 12.8. The van der Waals surface area contributed by atoms with Crippen molar-refractivity contribution in [1.82, 2.24) is 4.98 Å². The second-order valence-corrected chi connectivity index (χ2v) is 7.35. The first-order valence-electron chi connectivity index (χ1n) is 7.85. The van der Waals surface area contributed by atoms with Crippen LogP contribution in [0.15, 0.2) is 52.5 Å². The van der Waals surface area contributed by atoms with E-state index in [4.69, 9.17) is 4.74 Å². The summed E-state index contributed by atoms with van der Waals surface area (Å²) in [4.78, 5) is 32.1. The highest BCUT2D eigenvalue weighted by Crippen LogP contribution is 2.34. The number of pyridine rings is 1. The molecular weight excluding hydrogens is 356 g/mol. The van der Waals surface area contributed by atoms with Gasteiger partial charge in [-0.25, -0.2) is 9.78 Å². The van der Waals surface area contributed by atoms with Crippen molar-refractivity contribution in [3.63, 3.8) is 0 Å². The zero-order valence-corrected chi connectivity index (χ0v) is 15.6. The standard InChI is InChI=1S/C18H18N2O3S2/c1-12(23-18(22)13-6-5-9-19-16(13)24-2)17(21)20-10-11-25-15-8-4-3-7-14(15)20/h3-9,12H,10-11H2,1-2H3. The zero-order valence-electron chi connectivity index (χ0n) is 14.0. The first kappa shape index (κ1) is 17.8. The molecule has 0 bridgehead atoms. The van der Waals surface area contributed by atoms with Gasteiger partial charge in [0, 0.05) is 23.4 Å². The van der Waals surface area contributed by atoms with Crippen LogP contribution in [0, 0.1) is 0 Å². The van der Waals surface area contributed by atoms with Crippen molar-refractivity contribution in [2.45, 2.75) is 22.9 Å². The molecule has 1 unspecified atom stereocenters. The number of esters is 1. The third-order valence-corrected chi connectivity index (χ3v) is 5.57. The Labute approximate surface area is 155 Å². The van der Waals surface area contributed by atoms with E-state index in [-0.39, 0.29) is 5.91 Å². The summed E-state index contributed by atoms with van der Waals surface area (Å²) in [5.41, 5.74) is 1.25. The molecule has 2 aromatic rings. The van der Waals surface area contributed by atoms with Gasteiger partial charge in [-0.05, 0) is 37.4 Å². The first-order valence-corrected chi connectivity index (χ1v) is 10.1. The van der Waals surface area contributed by atoms with Gasteiger partial charge < -0.3 is 9.64 Å². The van der Waals surface area contributed by atoms with E-state index >= 15 is 0 Å². The van der Waals surface area contributed by atoms with Gasteiger partial charge >= 0.3 is 5.97 Å². The fourth-order valence-electron chi connectivity index (χ4n) is 2.60. The SMILES string of the molecule is CSc1ncccc1C(=O)OC(C)C(=O)N1CCSc2ccccc21. The number of ether oxygens (including phenoxy) is 1. The Morgan fingerprint density at radius 3 is 2.88 bits per heavy atom. The van der Waals surface area contributed by atoms with Crippen molar-refractivity contribution >= 4 is 41.1 Å². The predicted octanol–water partition coefficient (Wildman–Crippen LogP) is 3.49. The lowest BCUT2D eigenvalue weighted by molar-refractivity contribution is -0.126. The molecule has 1 amide bonds. The highest BCUT2D eigenvalue weighted by Gasteiger charge is 2.29. The predicted molar refractivity (Wildman–Crippen MR) is 100 cm³/mol. The number of fused-ring (bicyclic) bond motifs is 1. The Morgan fingerprint density at radius 2 is 2.08 bits per heavy atom. The van der Waals surface area contributed by atoms with Gasteiger partial charge in [0.05, 0.1) is 11.3 Å². The monoisotopic (exact) mass is 374 g/mol.